The standard InChI is InChI=1S/C18H17N3O6/c1-25-14-4-2-3-12(17(14)23)8-20-21-16(22)9-19-18(24)11-5-6-13-15(7-11)27-10-26-13/h2-8,23H,9-10H2,1H3,(H,19,24)(H,21,22)/b20-8+. The molecule has 0 atom stereocenters. The number of rotatable bonds is 6. The van der Waals surface area contributed by atoms with Gasteiger partial charge < -0.3 is 24.6 Å². The van der Waals surface area contributed by atoms with Crippen LogP contribution in [0.5, 0.6) is 23.0 Å². The van der Waals surface area contributed by atoms with Crippen LogP contribution in [0.3, 0.4) is 0 Å². The quantitative estimate of drug-likeness (QED) is 0.515. The molecule has 9 heteroatoms. The van der Waals surface area contributed by atoms with E-state index in [-0.39, 0.29) is 19.1 Å². The number of aromatic hydroxyl groups is 1. The van der Waals surface area contributed by atoms with Crippen LogP contribution in [0.4, 0.5) is 0 Å². The number of fused-ring (bicyclic) bond motifs is 1. The topological polar surface area (TPSA) is 118 Å². The van der Waals surface area contributed by atoms with E-state index in [2.05, 4.69) is 15.8 Å². The number of phenolic OH excluding ortho intramolecular Hbond substituents is 1. The molecule has 27 heavy (non-hydrogen) atoms. The molecule has 9 nitrogen and oxygen atoms in total. The van der Waals surface area contributed by atoms with Crippen LogP contribution in [-0.2, 0) is 4.79 Å². The maximum Gasteiger partial charge on any atom is 0.259 e. The highest BCUT2D eigenvalue weighted by Crippen LogP contribution is 2.32. The van der Waals surface area contributed by atoms with Gasteiger partial charge in [-0.2, -0.15) is 5.10 Å². The summed E-state index contributed by atoms with van der Waals surface area (Å²) in [5, 5.41) is 16.1. The van der Waals surface area contributed by atoms with Crippen molar-refractivity contribution in [2.24, 2.45) is 5.10 Å². The second-order valence-corrected chi connectivity index (χ2v) is 5.44. The predicted octanol–water partition coefficient (Wildman–Crippen LogP) is 1.01. The number of methoxy groups -OCH3 is 1. The van der Waals surface area contributed by atoms with Crippen molar-refractivity contribution in [3.8, 4) is 23.0 Å². The number of carbonyl (C=O) groups is 2. The third-order valence-electron chi connectivity index (χ3n) is 3.69. The minimum Gasteiger partial charge on any atom is -0.504 e. The third kappa shape index (κ3) is 4.27. The van der Waals surface area contributed by atoms with E-state index in [4.69, 9.17) is 14.2 Å². The summed E-state index contributed by atoms with van der Waals surface area (Å²) < 4.78 is 15.4. The summed E-state index contributed by atoms with van der Waals surface area (Å²) >= 11 is 0. The van der Waals surface area contributed by atoms with Gasteiger partial charge in [-0.25, -0.2) is 5.43 Å². The van der Waals surface area contributed by atoms with Crippen LogP contribution < -0.4 is 25.0 Å². The first kappa shape index (κ1) is 18.1. The molecule has 0 aliphatic carbocycles. The molecule has 2 aromatic carbocycles. The van der Waals surface area contributed by atoms with E-state index in [0.29, 0.717) is 28.4 Å². The second-order valence-electron chi connectivity index (χ2n) is 5.44. The molecule has 0 saturated carbocycles. The molecule has 1 aliphatic heterocycles. The van der Waals surface area contributed by atoms with Gasteiger partial charge in [-0.1, -0.05) is 6.07 Å². The number of hydrogen-bond acceptors (Lipinski definition) is 7. The number of para-hydroxylation sites is 1. The Hall–Kier alpha value is -3.75. The van der Waals surface area contributed by atoms with Crippen molar-refractivity contribution in [2.75, 3.05) is 20.4 Å². The first-order valence-electron chi connectivity index (χ1n) is 7.94. The molecule has 1 heterocycles. The summed E-state index contributed by atoms with van der Waals surface area (Å²) in [5.41, 5.74) is 2.98. The molecule has 140 valence electrons. The fraction of sp³-hybridized carbons (Fsp3) is 0.167. The van der Waals surface area contributed by atoms with Crippen molar-refractivity contribution in [2.45, 2.75) is 0 Å². The van der Waals surface area contributed by atoms with Crippen molar-refractivity contribution in [3.63, 3.8) is 0 Å². The molecule has 3 rings (SSSR count). The van der Waals surface area contributed by atoms with Crippen LogP contribution >= 0.6 is 0 Å². The summed E-state index contributed by atoms with van der Waals surface area (Å²) in [6.07, 6.45) is 1.27. The van der Waals surface area contributed by atoms with E-state index in [9.17, 15) is 14.7 Å². The first-order chi connectivity index (χ1) is 13.1. The van der Waals surface area contributed by atoms with Gasteiger partial charge in [-0.15, -0.1) is 0 Å². The zero-order valence-electron chi connectivity index (χ0n) is 14.4. The number of phenols is 1. The number of ether oxygens (including phenoxy) is 3. The normalized spacial score (nSPS) is 12.0. The van der Waals surface area contributed by atoms with E-state index in [1.165, 1.54) is 13.3 Å². The zero-order valence-corrected chi connectivity index (χ0v) is 14.4. The van der Waals surface area contributed by atoms with Crippen molar-refractivity contribution in [1.29, 1.82) is 0 Å². The molecule has 2 amide bonds. The Labute approximate surface area is 154 Å². The molecule has 1 aliphatic rings. The van der Waals surface area contributed by atoms with Gasteiger partial charge in [-0.05, 0) is 30.3 Å². The van der Waals surface area contributed by atoms with Gasteiger partial charge in [0.1, 0.15) is 0 Å². The number of nitrogens with zero attached hydrogens (tertiary/aromatic N) is 1. The maximum absolute atomic E-state index is 12.1. The molecular formula is C18H17N3O6. The highest BCUT2D eigenvalue weighted by molar-refractivity contribution is 5.97. The molecule has 0 spiro atoms. The summed E-state index contributed by atoms with van der Waals surface area (Å²) in [4.78, 5) is 23.9. The summed E-state index contributed by atoms with van der Waals surface area (Å²) in [6, 6.07) is 9.62. The zero-order chi connectivity index (χ0) is 19.2. The van der Waals surface area contributed by atoms with Crippen molar-refractivity contribution >= 4 is 18.0 Å². The molecule has 0 fully saturated rings. The van der Waals surface area contributed by atoms with E-state index in [1.807, 2.05) is 0 Å². The van der Waals surface area contributed by atoms with Crippen LogP contribution in [-0.4, -0.2) is 43.6 Å². The lowest BCUT2D eigenvalue weighted by Crippen LogP contribution is -2.34. The number of hydrazone groups is 1. The van der Waals surface area contributed by atoms with Crippen LogP contribution in [0.2, 0.25) is 0 Å². The van der Waals surface area contributed by atoms with Crippen LogP contribution in [0, 0.1) is 0 Å². The Morgan fingerprint density at radius 1 is 1.26 bits per heavy atom. The lowest BCUT2D eigenvalue weighted by atomic mass is 10.2. The largest absolute Gasteiger partial charge is 0.504 e. The Kier molecular flexibility index (Phi) is 5.41. The minimum absolute atomic E-state index is 0.0888. The molecule has 0 radical (unpaired) electrons. The lowest BCUT2D eigenvalue weighted by Gasteiger charge is -2.06. The average molecular weight is 371 g/mol. The van der Waals surface area contributed by atoms with E-state index in [1.54, 1.807) is 36.4 Å². The lowest BCUT2D eigenvalue weighted by molar-refractivity contribution is -0.120. The Morgan fingerprint density at radius 2 is 2.07 bits per heavy atom. The molecule has 0 unspecified atom stereocenters. The second kappa shape index (κ2) is 8.09. The number of carbonyl (C=O) groups excluding carboxylic acids is 2. The average Bonchev–Trinajstić information content (AvgIpc) is 3.15. The van der Waals surface area contributed by atoms with Crippen molar-refractivity contribution < 1.29 is 28.9 Å². The van der Waals surface area contributed by atoms with Gasteiger partial charge in [0.05, 0.1) is 19.9 Å². The predicted molar refractivity (Wildman–Crippen MR) is 95.3 cm³/mol. The molecule has 0 aromatic heterocycles. The number of benzene rings is 2. The highest BCUT2D eigenvalue weighted by Gasteiger charge is 2.16. The molecule has 2 aromatic rings. The highest BCUT2D eigenvalue weighted by atomic mass is 16.7. The van der Waals surface area contributed by atoms with Gasteiger partial charge in [0, 0.05) is 11.1 Å². The number of nitrogens with one attached hydrogen (secondary N) is 2. The number of hydrogen-bond donors (Lipinski definition) is 3. The molecule has 3 N–H and O–H groups in total. The van der Waals surface area contributed by atoms with Crippen LogP contribution in [0.25, 0.3) is 0 Å². The van der Waals surface area contributed by atoms with Gasteiger partial charge in [-0.3, -0.25) is 9.59 Å². The molecule has 0 bridgehead atoms. The summed E-state index contributed by atoms with van der Waals surface area (Å²) in [5.74, 6) is 0.296. The summed E-state index contributed by atoms with van der Waals surface area (Å²) in [6.45, 7) is -0.154. The van der Waals surface area contributed by atoms with Gasteiger partial charge in [0.2, 0.25) is 6.79 Å². The smallest absolute Gasteiger partial charge is 0.259 e. The maximum atomic E-state index is 12.1. The fourth-order valence-corrected chi connectivity index (χ4v) is 2.32. The minimum atomic E-state index is -0.525. The Balaban J connectivity index is 1.50. The molecule has 0 saturated heterocycles. The Bertz CT molecular complexity index is 897. The monoisotopic (exact) mass is 371 g/mol. The fourth-order valence-electron chi connectivity index (χ4n) is 2.32. The van der Waals surface area contributed by atoms with Gasteiger partial charge in [0.15, 0.2) is 23.0 Å². The van der Waals surface area contributed by atoms with Crippen LogP contribution in [0.15, 0.2) is 41.5 Å². The van der Waals surface area contributed by atoms with E-state index < -0.39 is 11.8 Å². The Morgan fingerprint density at radius 3 is 2.89 bits per heavy atom. The summed E-state index contributed by atoms with van der Waals surface area (Å²) in [7, 11) is 1.43. The van der Waals surface area contributed by atoms with Crippen molar-refractivity contribution in [3.05, 3.63) is 47.5 Å². The first-order valence-corrected chi connectivity index (χ1v) is 7.94. The van der Waals surface area contributed by atoms with Crippen molar-refractivity contribution in [1.82, 2.24) is 10.7 Å². The SMILES string of the molecule is COc1cccc(/C=N/NC(=O)CNC(=O)c2ccc3c(c2)OCO3)c1O. The van der Waals surface area contributed by atoms with Gasteiger partial charge >= 0.3 is 0 Å². The van der Waals surface area contributed by atoms with Gasteiger partial charge in [0.25, 0.3) is 11.8 Å². The third-order valence-corrected chi connectivity index (χ3v) is 3.69. The van der Waals surface area contributed by atoms with Crippen LogP contribution in [0.1, 0.15) is 15.9 Å². The van der Waals surface area contributed by atoms with E-state index >= 15 is 0 Å². The number of amides is 2. The molecular weight excluding hydrogens is 354 g/mol. The van der Waals surface area contributed by atoms with E-state index in [0.717, 1.165) is 0 Å².